The van der Waals surface area contributed by atoms with Crippen molar-refractivity contribution in [1.82, 2.24) is 5.32 Å². The summed E-state index contributed by atoms with van der Waals surface area (Å²) in [5, 5.41) is 2.06. The van der Waals surface area contributed by atoms with Crippen LogP contribution >= 0.6 is 0 Å². The van der Waals surface area contributed by atoms with Gasteiger partial charge < -0.3 is 10.1 Å². The van der Waals surface area contributed by atoms with E-state index < -0.39 is 24.4 Å². The van der Waals surface area contributed by atoms with Gasteiger partial charge in [0.15, 0.2) is 11.6 Å². The molecule has 0 unspecified atom stereocenters. The van der Waals surface area contributed by atoms with E-state index in [9.17, 15) is 22.0 Å². The van der Waals surface area contributed by atoms with Gasteiger partial charge in [-0.2, -0.15) is 17.6 Å². The van der Waals surface area contributed by atoms with Gasteiger partial charge in [-0.3, -0.25) is 0 Å². The molecule has 0 saturated heterocycles. The van der Waals surface area contributed by atoms with Crippen LogP contribution in [0.3, 0.4) is 0 Å². The fourth-order valence-corrected chi connectivity index (χ4v) is 1.06. The van der Waals surface area contributed by atoms with Gasteiger partial charge in [0.2, 0.25) is 5.82 Å². The first-order valence-corrected chi connectivity index (χ1v) is 4.74. The number of alkyl halides is 3. The van der Waals surface area contributed by atoms with Gasteiger partial charge in [-0.15, -0.1) is 0 Å². The van der Waals surface area contributed by atoms with Crippen molar-refractivity contribution < 1.29 is 26.7 Å². The molecule has 0 saturated carbocycles. The highest BCUT2D eigenvalue weighted by molar-refractivity contribution is 5.24. The Bertz CT molecular complexity index is 366. The highest BCUT2D eigenvalue weighted by atomic mass is 19.4. The molecule has 0 aliphatic rings. The number of halogens is 5. The van der Waals surface area contributed by atoms with Crippen LogP contribution in [0.25, 0.3) is 0 Å². The molecule has 1 aromatic carbocycles. The molecule has 1 N–H and O–H groups in total. The molecule has 17 heavy (non-hydrogen) atoms. The third kappa shape index (κ3) is 4.99. The Balaban J connectivity index is 2.29. The number of ether oxygens (including phenoxy) is 1. The van der Waals surface area contributed by atoms with E-state index in [0.29, 0.717) is 0 Å². The van der Waals surface area contributed by atoms with Crippen molar-refractivity contribution >= 4 is 0 Å². The molecule has 0 fully saturated rings. The third-order valence-electron chi connectivity index (χ3n) is 1.78. The maximum absolute atomic E-state index is 13.0. The van der Waals surface area contributed by atoms with Gasteiger partial charge in [-0.1, -0.05) is 6.07 Å². The summed E-state index contributed by atoms with van der Waals surface area (Å²) in [5.74, 6) is -2.53. The highest BCUT2D eigenvalue weighted by Crippen LogP contribution is 2.18. The lowest BCUT2D eigenvalue weighted by Crippen LogP contribution is -2.31. The van der Waals surface area contributed by atoms with E-state index in [4.69, 9.17) is 4.74 Å². The lowest BCUT2D eigenvalue weighted by atomic mass is 10.3. The van der Waals surface area contributed by atoms with E-state index in [1.807, 2.05) is 0 Å². The van der Waals surface area contributed by atoms with Crippen LogP contribution in [0.1, 0.15) is 0 Å². The molecular weight excluding hydrogens is 245 g/mol. The molecule has 7 heteroatoms. The SMILES string of the molecule is Fc1cccc(OCCNCC(F)(F)F)c1F. The number of hydrogen-bond acceptors (Lipinski definition) is 2. The number of hydrogen-bond donors (Lipinski definition) is 1. The minimum atomic E-state index is -4.30. The Morgan fingerprint density at radius 1 is 1.18 bits per heavy atom. The summed E-state index contributed by atoms with van der Waals surface area (Å²) in [6, 6.07) is 3.36. The molecule has 2 nitrogen and oxygen atoms in total. The summed E-state index contributed by atoms with van der Waals surface area (Å²) in [6.45, 7) is -1.45. The average Bonchev–Trinajstić information content (AvgIpc) is 2.22. The van der Waals surface area contributed by atoms with E-state index in [1.165, 1.54) is 12.1 Å². The zero-order valence-corrected chi connectivity index (χ0v) is 8.65. The summed E-state index contributed by atoms with van der Waals surface area (Å²) < 4.78 is 65.6. The van der Waals surface area contributed by atoms with Crippen LogP contribution in [0.15, 0.2) is 18.2 Å². The van der Waals surface area contributed by atoms with E-state index in [-0.39, 0.29) is 18.9 Å². The normalized spacial score (nSPS) is 11.6. The van der Waals surface area contributed by atoms with Crippen LogP contribution in [0.5, 0.6) is 5.75 Å². The Labute approximate surface area is 94.4 Å². The lowest BCUT2D eigenvalue weighted by molar-refractivity contribution is -0.124. The van der Waals surface area contributed by atoms with Crippen LogP contribution in [0.4, 0.5) is 22.0 Å². The fourth-order valence-electron chi connectivity index (χ4n) is 1.06. The van der Waals surface area contributed by atoms with E-state index >= 15 is 0 Å². The quantitative estimate of drug-likeness (QED) is 0.644. The van der Waals surface area contributed by atoms with Crippen LogP contribution in [0.2, 0.25) is 0 Å². The maximum Gasteiger partial charge on any atom is 0.401 e. The molecular formula is C10H10F5NO. The molecule has 0 radical (unpaired) electrons. The van der Waals surface area contributed by atoms with Crippen molar-refractivity contribution in [1.29, 1.82) is 0 Å². The van der Waals surface area contributed by atoms with E-state index in [2.05, 4.69) is 5.32 Å². The smallest absolute Gasteiger partial charge is 0.401 e. The fraction of sp³-hybridized carbons (Fsp3) is 0.400. The van der Waals surface area contributed by atoms with Crippen molar-refractivity contribution in [3.05, 3.63) is 29.8 Å². The summed E-state index contributed by atoms with van der Waals surface area (Å²) in [6.07, 6.45) is -4.30. The van der Waals surface area contributed by atoms with Crippen molar-refractivity contribution in [2.45, 2.75) is 6.18 Å². The first-order chi connectivity index (χ1) is 7.90. The van der Waals surface area contributed by atoms with Gasteiger partial charge in [-0.25, -0.2) is 4.39 Å². The zero-order chi connectivity index (χ0) is 12.9. The minimum absolute atomic E-state index is 0.116. The molecule has 0 aliphatic heterocycles. The topological polar surface area (TPSA) is 21.3 Å². The van der Waals surface area contributed by atoms with Crippen molar-refractivity contribution in [2.75, 3.05) is 19.7 Å². The van der Waals surface area contributed by atoms with Crippen molar-refractivity contribution in [2.24, 2.45) is 0 Å². The number of benzene rings is 1. The van der Waals surface area contributed by atoms with Gasteiger partial charge in [0.05, 0.1) is 6.54 Å². The second kappa shape index (κ2) is 5.81. The predicted molar refractivity (Wildman–Crippen MR) is 50.8 cm³/mol. The Morgan fingerprint density at radius 3 is 2.53 bits per heavy atom. The monoisotopic (exact) mass is 255 g/mol. The summed E-state index contributed by atoms with van der Waals surface area (Å²) in [7, 11) is 0. The molecule has 96 valence electrons. The molecule has 0 bridgehead atoms. The first kappa shape index (κ1) is 13.7. The second-order valence-corrected chi connectivity index (χ2v) is 3.19. The minimum Gasteiger partial charge on any atom is -0.489 e. The third-order valence-corrected chi connectivity index (χ3v) is 1.78. The van der Waals surface area contributed by atoms with Crippen molar-refractivity contribution in [3.8, 4) is 5.75 Å². The number of rotatable bonds is 5. The molecule has 0 atom stereocenters. The van der Waals surface area contributed by atoms with E-state index in [0.717, 1.165) is 6.07 Å². The average molecular weight is 255 g/mol. The largest absolute Gasteiger partial charge is 0.489 e. The van der Waals surface area contributed by atoms with Gasteiger partial charge in [0, 0.05) is 6.54 Å². The first-order valence-electron chi connectivity index (χ1n) is 4.74. The summed E-state index contributed by atoms with van der Waals surface area (Å²) in [5.41, 5.74) is 0. The summed E-state index contributed by atoms with van der Waals surface area (Å²) >= 11 is 0. The molecule has 0 heterocycles. The van der Waals surface area contributed by atoms with Gasteiger partial charge in [0.1, 0.15) is 6.61 Å². The lowest BCUT2D eigenvalue weighted by Gasteiger charge is -2.10. The van der Waals surface area contributed by atoms with Crippen molar-refractivity contribution in [3.63, 3.8) is 0 Å². The molecule has 0 aromatic heterocycles. The Morgan fingerprint density at radius 2 is 1.88 bits per heavy atom. The standard InChI is InChI=1S/C10H10F5NO/c11-7-2-1-3-8(9(7)12)17-5-4-16-6-10(13,14)15/h1-3,16H,4-6H2. The molecule has 0 aliphatic carbocycles. The second-order valence-electron chi connectivity index (χ2n) is 3.19. The van der Waals surface area contributed by atoms with Crippen LogP contribution in [-0.4, -0.2) is 25.9 Å². The Hall–Kier alpha value is -1.37. The maximum atomic E-state index is 13.0. The summed E-state index contributed by atoms with van der Waals surface area (Å²) in [4.78, 5) is 0. The van der Waals surface area contributed by atoms with Gasteiger partial charge >= 0.3 is 6.18 Å². The molecule has 0 spiro atoms. The van der Waals surface area contributed by atoms with Crippen LogP contribution in [0, 0.1) is 11.6 Å². The molecule has 0 amide bonds. The van der Waals surface area contributed by atoms with Crippen LogP contribution in [-0.2, 0) is 0 Å². The van der Waals surface area contributed by atoms with Gasteiger partial charge in [0.25, 0.3) is 0 Å². The van der Waals surface area contributed by atoms with Gasteiger partial charge in [-0.05, 0) is 12.1 Å². The van der Waals surface area contributed by atoms with Crippen LogP contribution < -0.4 is 10.1 Å². The molecule has 1 rings (SSSR count). The number of nitrogens with one attached hydrogen (secondary N) is 1. The predicted octanol–water partition coefficient (Wildman–Crippen LogP) is 2.50. The van der Waals surface area contributed by atoms with E-state index in [1.54, 1.807) is 0 Å². The Kier molecular flexibility index (Phi) is 4.68. The zero-order valence-electron chi connectivity index (χ0n) is 8.65. The highest BCUT2D eigenvalue weighted by Gasteiger charge is 2.25. The molecule has 1 aromatic rings.